The van der Waals surface area contributed by atoms with Gasteiger partial charge in [0, 0.05) is 12.7 Å². The molecule has 5 heteroatoms. The summed E-state index contributed by atoms with van der Waals surface area (Å²) in [5.41, 5.74) is 0. The second-order valence-electron chi connectivity index (χ2n) is 2.78. The molecule has 0 amide bonds. The van der Waals surface area contributed by atoms with Gasteiger partial charge in [0.1, 0.15) is 0 Å². The van der Waals surface area contributed by atoms with E-state index in [1.807, 2.05) is 13.8 Å². The molecule has 0 bridgehead atoms. The van der Waals surface area contributed by atoms with Gasteiger partial charge in [0.25, 0.3) is 0 Å². The van der Waals surface area contributed by atoms with E-state index >= 15 is 0 Å². The predicted octanol–water partition coefficient (Wildman–Crippen LogP) is 1.10. The summed E-state index contributed by atoms with van der Waals surface area (Å²) in [5.74, 6) is 0. The molecule has 3 atom stereocenters. The Morgan fingerprint density at radius 1 is 1.00 bits per heavy atom. The second-order valence-corrected chi connectivity index (χ2v) is 3.15. The fraction of sp³-hybridized carbons (Fsp3) is 1.00. The molecule has 1 aliphatic rings. The van der Waals surface area contributed by atoms with E-state index in [0.29, 0.717) is 19.3 Å². The summed E-state index contributed by atoms with van der Waals surface area (Å²) in [7, 11) is 0. The van der Waals surface area contributed by atoms with Crippen LogP contribution in [-0.2, 0) is 0 Å². The summed E-state index contributed by atoms with van der Waals surface area (Å²) >= 11 is 0.750. The molecule has 4 nitrogen and oxygen atoms in total. The van der Waals surface area contributed by atoms with Gasteiger partial charge in [-0.2, -0.15) is 0 Å². The first-order valence-electron chi connectivity index (χ1n) is 4.83. The van der Waals surface area contributed by atoms with E-state index in [0.717, 1.165) is 12.0 Å². The zero-order valence-corrected chi connectivity index (χ0v) is 9.87. The summed E-state index contributed by atoms with van der Waals surface area (Å²) in [4.78, 5) is 0. The van der Waals surface area contributed by atoms with Crippen molar-refractivity contribution in [2.75, 3.05) is 6.26 Å². The minimum absolute atomic E-state index is 0.321. The smallest absolute Gasteiger partial charge is 0.0823 e. The molecule has 1 fully saturated rings. The maximum absolute atomic E-state index is 8.94. The van der Waals surface area contributed by atoms with Crippen LogP contribution in [-0.4, -0.2) is 44.4 Å². The minimum Gasteiger partial charge on any atom is -0.393 e. The molecule has 0 aliphatic heterocycles. The van der Waals surface area contributed by atoms with E-state index < -0.39 is 18.3 Å². The summed E-state index contributed by atoms with van der Waals surface area (Å²) < 4.78 is 7.49. The normalized spacial score (nSPS) is 30.6. The molecule has 0 saturated heterocycles. The SMILES string of the molecule is CC.CSO.OC1CCC(O)C(O)C1. The zero-order chi connectivity index (χ0) is 11.6. The van der Waals surface area contributed by atoms with Crippen LogP contribution >= 0.6 is 12.0 Å². The molecule has 0 radical (unpaired) electrons. The lowest BCUT2D eigenvalue weighted by Gasteiger charge is -2.26. The van der Waals surface area contributed by atoms with E-state index in [2.05, 4.69) is 0 Å². The Morgan fingerprint density at radius 3 is 1.71 bits per heavy atom. The van der Waals surface area contributed by atoms with Crippen molar-refractivity contribution in [3.05, 3.63) is 0 Å². The van der Waals surface area contributed by atoms with Crippen LogP contribution < -0.4 is 0 Å². The number of aliphatic hydroxyl groups is 3. The van der Waals surface area contributed by atoms with Crippen molar-refractivity contribution in [3.63, 3.8) is 0 Å². The summed E-state index contributed by atoms with van der Waals surface area (Å²) in [5, 5.41) is 26.8. The maximum atomic E-state index is 8.94. The molecule has 1 rings (SSSR count). The van der Waals surface area contributed by atoms with Gasteiger partial charge in [0.2, 0.25) is 0 Å². The number of hydrogen-bond acceptors (Lipinski definition) is 5. The molecule has 1 aliphatic carbocycles. The molecule has 0 aromatic rings. The van der Waals surface area contributed by atoms with E-state index in [9.17, 15) is 0 Å². The highest BCUT2D eigenvalue weighted by molar-refractivity contribution is 7.93. The topological polar surface area (TPSA) is 80.9 Å². The van der Waals surface area contributed by atoms with Crippen LogP contribution in [0.1, 0.15) is 33.1 Å². The molecule has 0 aromatic carbocycles. The Kier molecular flexibility index (Phi) is 13.4. The molecule has 1 saturated carbocycles. The minimum atomic E-state index is -0.714. The standard InChI is InChI=1S/C6H12O3.C2H6.CH4OS/c7-4-1-2-5(8)6(9)3-4;1-2;1-3-2/h4-9H,1-3H2;1-2H3;2H,1H3. The van der Waals surface area contributed by atoms with Crippen LogP contribution in [0.5, 0.6) is 0 Å². The van der Waals surface area contributed by atoms with Crippen molar-refractivity contribution >= 4 is 12.0 Å². The van der Waals surface area contributed by atoms with Crippen LogP contribution in [0, 0.1) is 0 Å². The van der Waals surface area contributed by atoms with E-state index in [1.165, 1.54) is 0 Å². The highest BCUT2D eigenvalue weighted by Crippen LogP contribution is 2.18. The van der Waals surface area contributed by atoms with Crippen LogP contribution in [0.3, 0.4) is 0 Å². The quantitative estimate of drug-likeness (QED) is 0.465. The fourth-order valence-corrected chi connectivity index (χ4v) is 1.11. The van der Waals surface area contributed by atoms with Crippen LogP contribution in [0.25, 0.3) is 0 Å². The van der Waals surface area contributed by atoms with Crippen molar-refractivity contribution in [3.8, 4) is 0 Å². The van der Waals surface area contributed by atoms with Gasteiger partial charge in [0.15, 0.2) is 0 Å². The third kappa shape index (κ3) is 8.77. The monoisotopic (exact) mass is 226 g/mol. The van der Waals surface area contributed by atoms with Gasteiger partial charge in [-0.1, -0.05) is 13.8 Å². The molecule has 0 spiro atoms. The van der Waals surface area contributed by atoms with Crippen LogP contribution in [0.4, 0.5) is 0 Å². The number of aliphatic hydroxyl groups excluding tert-OH is 3. The highest BCUT2D eigenvalue weighted by atomic mass is 32.2. The Hall–Kier alpha value is 0.190. The van der Waals surface area contributed by atoms with Crippen molar-refractivity contribution < 1.29 is 19.9 Å². The Bertz CT molecular complexity index is 113. The van der Waals surface area contributed by atoms with Gasteiger partial charge in [-0.3, -0.25) is 0 Å². The van der Waals surface area contributed by atoms with Crippen molar-refractivity contribution in [1.82, 2.24) is 0 Å². The Balaban J connectivity index is 0. The number of hydrogen-bond donors (Lipinski definition) is 4. The van der Waals surface area contributed by atoms with E-state index in [1.54, 1.807) is 6.26 Å². The van der Waals surface area contributed by atoms with Gasteiger partial charge in [-0.05, 0) is 24.9 Å². The largest absolute Gasteiger partial charge is 0.393 e. The average molecular weight is 226 g/mol. The van der Waals surface area contributed by atoms with E-state index in [-0.39, 0.29) is 0 Å². The first kappa shape index (κ1) is 16.6. The second kappa shape index (κ2) is 11.3. The van der Waals surface area contributed by atoms with Crippen molar-refractivity contribution in [2.24, 2.45) is 0 Å². The van der Waals surface area contributed by atoms with Crippen molar-refractivity contribution in [2.45, 2.75) is 51.4 Å². The van der Waals surface area contributed by atoms with Gasteiger partial charge in [0.05, 0.1) is 18.3 Å². The maximum Gasteiger partial charge on any atom is 0.0823 e. The van der Waals surface area contributed by atoms with E-state index in [4.69, 9.17) is 19.9 Å². The lowest BCUT2D eigenvalue weighted by atomic mass is 9.93. The third-order valence-corrected chi connectivity index (χ3v) is 1.75. The van der Waals surface area contributed by atoms with Gasteiger partial charge >= 0.3 is 0 Å². The van der Waals surface area contributed by atoms with Gasteiger partial charge < -0.3 is 19.9 Å². The average Bonchev–Trinajstić information content (AvgIpc) is 2.17. The van der Waals surface area contributed by atoms with Crippen LogP contribution in [0.2, 0.25) is 0 Å². The van der Waals surface area contributed by atoms with Crippen LogP contribution in [0.15, 0.2) is 0 Å². The lowest BCUT2D eigenvalue weighted by molar-refractivity contribution is -0.0494. The zero-order valence-electron chi connectivity index (χ0n) is 9.05. The first-order valence-corrected chi connectivity index (χ1v) is 6.01. The van der Waals surface area contributed by atoms with Gasteiger partial charge in [-0.15, -0.1) is 0 Å². The van der Waals surface area contributed by atoms with Crippen molar-refractivity contribution in [1.29, 1.82) is 0 Å². The Morgan fingerprint density at radius 2 is 1.43 bits per heavy atom. The molecule has 0 aromatic heterocycles. The Labute approximate surface area is 90.2 Å². The molecule has 0 heterocycles. The predicted molar refractivity (Wildman–Crippen MR) is 59.4 cm³/mol. The molecule has 14 heavy (non-hydrogen) atoms. The molecule has 4 N–H and O–H groups in total. The summed E-state index contributed by atoms with van der Waals surface area (Å²) in [6.07, 6.45) is 1.30. The highest BCUT2D eigenvalue weighted by Gasteiger charge is 2.25. The first-order chi connectivity index (χ1) is 6.61. The summed E-state index contributed by atoms with van der Waals surface area (Å²) in [6.45, 7) is 4.00. The third-order valence-electron chi connectivity index (χ3n) is 1.75. The molecular weight excluding hydrogens is 204 g/mol. The number of rotatable bonds is 0. The lowest BCUT2D eigenvalue weighted by Crippen LogP contribution is -2.35. The fourth-order valence-electron chi connectivity index (χ4n) is 1.11. The molecule has 3 unspecified atom stereocenters. The molecule has 88 valence electrons. The van der Waals surface area contributed by atoms with Gasteiger partial charge in [-0.25, -0.2) is 0 Å². The summed E-state index contributed by atoms with van der Waals surface area (Å²) in [6, 6.07) is 0. The molecular formula is C9H22O4S.